The number of esters is 1. The van der Waals surface area contributed by atoms with Gasteiger partial charge >= 0.3 is 5.97 Å². The third kappa shape index (κ3) is 1.41. The quantitative estimate of drug-likeness (QED) is 0.784. The van der Waals surface area contributed by atoms with E-state index >= 15 is 0 Å². The predicted octanol–water partition coefficient (Wildman–Crippen LogP) is 1.45. The molecule has 2 fully saturated rings. The summed E-state index contributed by atoms with van der Waals surface area (Å²) in [4.78, 5) is 26.2. The van der Waals surface area contributed by atoms with Crippen molar-refractivity contribution in [3.05, 3.63) is 11.5 Å². The molecule has 0 aromatic heterocycles. The van der Waals surface area contributed by atoms with Gasteiger partial charge in [0, 0.05) is 17.9 Å². The zero-order valence-corrected chi connectivity index (χ0v) is 11.4. The van der Waals surface area contributed by atoms with Gasteiger partial charge in [-0.1, -0.05) is 0 Å². The number of likely N-dealkylation sites (tertiary alicyclic amines) is 1. The smallest absolute Gasteiger partial charge is 0.310 e. The zero-order chi connectivity index (χ0) is 13.9. The molecule has 0 radical (unpaired) electrons. The van der Waals surface area contributed by atoms with Crippen LogP contribution in [0.1, 0.15) is 27.2 Å². The Kier molecular flexibility index (Phi) is 2.62. The Balaban J connectivity index is 2.00. The molecule has 0 aromatic rings. The van der Waals surface area contributed by atoms with E-state index in [1.54, 1.807) is 11.8 Å². The van der Waals surface area contributed by atoms with Crippen molar-refractivity contribution in [1.82, 2.24) is 4.90 Å². The number of hydrogen-bond acceptors (Lipinski definition) is 4. The van der Waals surface area contributed by atoms with Gasteiger partial charge in [0.2, 0.25) is 5.91 Å². The van der Waals surface area contributed by atoms with Crippen molar-refractivity contribution in [3.8, 4) is 0 Å². The average Bonchev–Trinajstić information content (AvgIpc) is 2.91. The maximum absolute atomic E-state index is 12.5. The number of carbonyl (C=O) groups excluding carboxylic acids is 2. The van der Waals surface area contributed by atoms with E-state index in [-0.39, 0.29) is 41.4 Å². The van der Waals surface area contributed by atoms with Crippen LogP contribution >= 0.6 is 0 Å². The fourth-order valence-corrected chi connectivity index (χ4v) is 4.00. The topological polar surface area (TPSA) is 66.8 Å². The maximum atomic E-state index is 12.5. The van der Waals surface area contributed by atoms with Gasteiger partial charge < -0.3 is 14.7 Å². The number of allylic oxidation sites excluding steroid dienone is 2. The molecule has 2 bridgehead atoms. The van der Waals surface area contributed by atoms with Crippen LogP contribution < -0.4 is 0 Å². The lowest BCUT2D eigenvalue weighted by Gasteiger charge is -2.23. The SMILES string of the molecule is CCOC(=O)C1C2CC3C(=C2O)N(C(C)C)C(=O)C31. The molecule has 4 atom stereocenters. The van der Waals surface area contributed by atoms with Crippen LogP contribution in [-0.4, -0.2) is 34.5 Å². The molecule has 0 spiro atoms. The number of aliphatic hydroxyl groups is 1. The van der Waals surface area contributed by atoms with Crippen LogP contribution in [0.5, 0.6) is 0 Å². The molecule has 5 heteroatoms. The number of hydrogen-bond donors (Lipinski definition) is 1. The van der Waals surface area contributed by atoms with Crippen LogP contribution in [0.15, 0.2) is 11.5 Å². The maximum Gasteiger partial charge on any atom is 0.310 e. The van der Waals surface area contributed by atoms with E-state index in [1.807, 2.05) is 13.8 Å². The first-order valence-corrected chi connectivity index (χ1v) is 6.91. The van der Waals surface area contributed by atoms with Gasteiger partial charge in [-0.05, 0) is 27.2 Å². The molecule has 19 heavy (non-hydrogen) atoms. The molecule has 3 aliphatic rings. The van der Waals surface area contributed by atoms with Crippen molar-refractivity contribution in [1.29, 1.82) is 0 Å². The first kappa shape index (κ1) is 12.5. The lowest BCUT2D eigenvalue weighted by atomic mass is 9.83. The van der Waals surface area contributed by atoms with Crippen LogP contribution in [0.25, 0.3) is 0 Å². The van der Waals surface area contributed by atoms with Crippen molar-refractivity contribution in [2.45, 2.75) is 33.2 Å². The Morgan fingerprint density at radius 2 is 2.16 bits per heavy atom. The average molecular weight is 265 g/mol. The summed E-state index contributed by atoms with van der Waals surface area (Å²) < 4.78 is 5.08. The molecular formula is C14H19NO4. The van der Waals surface area contributed by atoms with E-state index in [0.717, 1.165) is 5.70 Å². The Morgan fingerprint density at radius 3 is 2.74 bits per heavy atom. The Bertz CT molecular complexity index is 482. The third-order valence-corrected chi connectivity index (χ3v) is 4.58. The van der Waals surface area contributed by atoms with Crippen LogP contribution in [0.4, 0.5) is 0 Å². The summed E-state index contributed by atoms with van der Waals surface area (Å²) in [6.07, 6.45) is 0.699. The summed E-state index contributed by atoms with van der Waals surface area (Å²) >= 11 is 0. The highest BCUT2D eigenvalue weighted by Crippen LogP contribution is 2.60. The van der Waals surface area contributed by atoms with E-state index in [9.17, 15) is 14.7 Å². The van der Waals surface area contributed by atoms with Crippen molar-refractivity contribution in [2.75, 3.05) is 6.61 Å². The molecule has 1 heterocycles. The Hall–Kier alpha value is -1.52. The number of aliphatic hydroxyl groups excluding tert-OH is 1. The summed E-state index contributed by atoms with van der Waals surface area (Å²) in [6, 6.07) is 0.0110. The highest BCUT2D eigenvalue weighted by molar-refractivity contribution is 5.92. The van der Waals surface area contributed by atoms with Gasteiger partial charge in [-0.25, -0.2) is 0 Å². The molecule has 0 aromatic carbocycles. The van der Waals surface area contributed by atoms with Crippen molar-refractivity contribution < 1.29 is 19.4 Å². The first-order valence-electron chi connectivity index (χ1n) is 6.91. The predicted molar refractivity (Wildman–Crippen MR) is 66.8 cm³/mol. The highest BCUT2D eigenvalue weighted by Gasteiger charge is 2.65. The Morgan fingerprint density at radius 1 is 1.47 bits per heavy atom. The number of ether oxygens (including phenoxy) is 1. The summed E-state index contributed by atoms with van der Waals surface area (Å²) in [6.45, 7) is 5.91. The summed E-state index contributed by atoms with van der Waals surface area (Å²) in [7, 11) is 0. The summed E-state index contributed by atoms with van der Waals surface area (Å²) in [5.41, 5.74) is 0.760. The second-order valence-electron chi connectivity index (χ2n) is 5.82. The molecule has 2 aliphatic carbocycles. The first-order chi connectivity index (χ1) is 8.99. The molecule has 5 nitrogen and oxygen atoms in total. The van der Waals surface area contributed by atoms with Gasteiger partial charge in [-0.3, -0.25) is 9.59 Å². The number of carbonyl (C=O) groups is 2. The van der Waals surface area contributed by atoms with Crippen LogP contribution in [-0.2, 0) is 14.3 Å². The minimum Gasteiger partial charge on any atom is -0.510 e. The molecule has 1 amide bonds. The van der Waals surface area contributed by atoms with Gasteiger partial charge in [-0.15, -0.1) is 0 Å². The standard InChI is InChI=1S/C14H19NO4/c1-4-19-14(18)10-8-5-7-9(10)13(17)15(6(2)3)11(7)12(8)16/h6-10,16H,4-5H2,1-3H3. The minimum atomic E-state index is -0.495. The van der Waals surface area contributed by atoms with Crippen LogP contribution in [0, 0.1) is 23.7 Å². The molecule has 4 unspecified atom stereocenters. The second kappa shape index (κ2) is 3.99. The highest BCUT2D eigenvalue weighted by atomic mass is 16.5. The zero-order valence-electron chi connectivity index (χ0n) is 11.4. The fraction of sp³-hybridized carbons (Fsp3) is 0.714. The monoisotopic (exact) mass is 265 g/mol. The van der Waals surface area contributed by atoms with E-state index in [1.165, 1.54) is 0 Å². The number of rotatable bonds is 3. The summed E-state index contributed by atoms with van der Waals surface area (Å²) in [5.74, 6) is -1.17. The molecule has 1 N–H and O–H groups in total. The molecule has 1 aliphatic heterocycles. The molecule has 3 rings (SSSR count). The van der Waals surface area contributed by atoms with E-state index < -0.39 is 5.92 Å². The minimum absolute atomic E-state index is 0.00862. The van der Waals surface area contributed by atoms with Gasteiger partial charge in [0.1, 0.15) is 5.76 Å². The van der Waals surface area contributed by atoms with Gasteiger partial charge in [-0.2, -0.15) is 0 Å². The van der Waals surface area contributed by atoms with Crippen LogP contribution in [0.3, 0.4) is 0 Å². The van der Waals surface area contributed by atoms with Crippen molar-refractivity contribution in [3.63, 3.8) is 0 Å². The normalized spacial score (nSPS) is 35.8. The lowest BCUT2D eigenvalue weighted by Crippen LogP contribution is -2.36. The lowest BCUT2D eigenvalue weighted by molar-refractivity contribution is -0.153. The van der Waals surface area contributed by atoms with Gasteiger partial charge in [0.25, 0.3) is 0 Å². The van der Waals surface area contributed by atoms with Crippen molar-refractivity contribution in [2.24, 2.45) is 23.7 Å². The van der Waals surface area contributed by atoms with E-state index in [4.69, 9.17) is 4.74 Å². The molecule has 1 saturated heterocycles. The third-order valence-electron chi connectivity index (χ3n) is 4.58. The summed E-state index contributed by atoms with van der Waals surface area (Å²) in [5, 5.41) is 10.3. The molecule has 1 saturated carbocycles. The van der Waals surface area contributed by atoms with Gasteiger partial charge in [0.05, 0.1) is 24.1 Å². The van der Waals surface area contributed by atoms with E-state index in [0.29, 0.717) is 13.0 Å². The largest absolute Gasteiger partial charge is 0.510 e. The van der Waals surface area contributed by atoms with Gasteiger partial charge in [0.15, 0.2) is 0 Å². The van der Waals surface area contributed by atoms with E-state index in [2.05, 4.69) is 0 Å². The molecule has 104 valence electrons. The fourth-order valence-electron chi connectivity index (χ4n) is 4.00. The van der Waals surface area contributed by atoms with Crippen molar-refractivity contribution >= 4 is 11.9 Å². The number of fused-ring (bicyclic) bond motifs is 1. The Labute approximate surface area is 112 Å². The number of amides is 1. The number of nitrogens with zero attached hydrogens (tertiary/aromatic N) is 1. The molecular weight excluding hydrogens is 246 g/mol. The van der Waals surface area contributed by atoms with Crippen LogP contribution in [0.2, 0.25) is 0 Å². The second-order valence-corrected chi connectivity index (χ2v) is 5.82.